The molecule has 0 aliphatic carbocycles. The number of ether oxygens (including phenoxy) is 1. The Morgan fingerprint density at radius 1 is 0.963 bits per heavy atom. The van der Waals surface area contributed by atoms with Crippen LogP contribution in [0.5, 0.6) is 5.75 Å². The van der Waals surface area contributed by atoms with Crippen LogP contribution in [0.15, 0.2) is 48.5 Å². The van der Waals surface area contributed by atoms with Crippen LogP contribution in [0, 0.1) is 0 Å². The van der Waals surface area contributed by atoms with Crippen LogP contribution in [0.1, 0.15) is 53.3 Å². The number of hydrogen-bond donors (Lipinski definition) is 1. The number of nitrogens with zero attached hydrogens (tertiary/aromatic N) is 1. The fraction of sp³-hybridized carbons (Fsp3) is 0.364. The van der Waals surface area contributed by atoms with Gasteiger partial charge in [-0.1, -0.05) is 32.3 Å². The van der Waals surface area contributed by atoms with E-state index in [1.807, 2.05) is 0 Å². The van der Waals surface area contributed by atoms with Crippen molar-refractivity contribution in [2.24, 2.45) is 0 Å². The fourth-order valence-electron chi connectivity index (χ4n) is 2.61. The molecule has 0 aliphatic heterocycles. The molecule has 0 saturated carbocycles. The molecule has 5 heteroatoms. The normalized spacial score (nSPS) is 10.3. The molecule has 0 atom stereocenters. The molecular formula is C22H28N2O3. The molecular weight excluding hydrogens is 340 g/mol. The average Bonchev–Trinajstić information content (AvgIpc) is 2.67. The highest BCUT2D eigenvalue weighted by atomic mass is 16.5. The van der Waals surface area contributed by atoms with E-state index in [9.17, 15) is 9.59 Å². The van der Waals surface area contributed by atoms with Gasteiger partial charge in [0, 0.05) is 30.9 Å². The third kappa shape index (κ3) is 6.44. The number of carbonyl (C=O) groups is 2. The molecule has 0 unspecified atom stereocenters. The number of anilines is 1. The number of rotatable bonds is 9. The van der Waals surface area contributed by atoms with Crippen LogP contribution in [-0.4, -0.2) is 37.4 Å². The van der Waals surface area contributed by atoms with E-state index in [-0.39, 0.29) is 11.8 Å². The Hall–Kier alpha value is -2.82. The first-order chi connectivity index (χ1) is 13.0. The van der Waals surface area contributed by atoms with E-state index in [0.717, 1.165) is 12.2 Å². The molecule has 1 N–H and O–H groups in total. The second kappa shape index (κ2) is 10.4. The molecule has 0 aliphatic rings. The van der Waals surface area contributed by atoms with Crippen molar-refractivity contribution in [1.82, 2.24) is 4.90 Å². The predicted molar refractivity (Wildman–Crippen MR) is 108 cm³/mol. The molecule has 0 saturated heterocycles. The van der Waals surface area contributed by atoms with E-state index < -0.39 is 0 Å². The molecule has 0 radical (unpaired) electrons. The number of hydrogen-bond acceptors (Lipinski definition) is 3. The van der Waals surface area contributed by atoms with Crippen LogP contribution >= 0.6 is 0 Å². The quantitative estimate of drug-likeness (QED) is 0.658. The first-order valence-electron chi connectivity index (χ1n) is 9.37. The average molecular weight is 368 g/mol. The highest BCUT2D eigenvalue weighted by molar-refractivity contribution is 6.05. The summed E-state index contributed by atoms with van der Waals surface area (Å²) >= 11 is 0. The van der Waals surface area contributed by atoms with E-state index in [0.29, 0.717) is 23.4 Å². The summed E-state index contributed by atoms with van der Waals surface area (Å²) in [5.41, 5.74) is 1.66. The summed E-state index contributed by atoms with van der Waals surface area (Å²) in [5, 5.41) is 2.83. The lowest BCUT2D eigenvalue weighted by atomic mass is 10.1. The Labute approximate surface area is 161 Å². The number of carbonyl (C=O) groups excluding carboxylic acids is 2. The lowest BCUT2D eigenvalue weighted by molar-refractivity contribution is 0.0827. The minimum atomic E-state index is -0.223. The highest BCUT2D eigenvalue weighted by Gasteiger charge is 2.10. The van der Waals surface area contributed by atoms with Gasteiger partial charge >= 0.3 is 0 Å². The van der Waals surface area contributed by atoms with Gasteiger partial charge in [0.15, 0.2) is 0 Å². The molecule has 0 aromatic heterocycles. The van der Waals surface area contributed by atoms with Gasteiger partial charge in [0.2, 0.25) is 0 Å². The molecule has 0 heterocycles. The molecule has 27 heavy (non-hydrogen) atoms. The number of amides is 2. The predicted octanol–water partition coefficient (Wildman–Crippen LogP) is 4.60. The molecule has 2 aromatic carbocycles. The summed E-state index contributed by atoms with van der Waals surface area (Å²) in [6, 6.07) is 14.0. The van der Waals surface area contributed by atoms with Crippen LogP contribution < -0.4 is 10.1 Å². The smallest absolute Gasteiger partial charge is 0.255 e. The third-order valence-corrected chi connectivity index (χ3v) is 4.16. The standard InChI is InChI=1S/C22H28N2O3/c1-4-5-6-7-15-27-20-13-11-17(12-14-20)21(25)23-19-10-8-9-18(16-19)22(26)24(2)3/h8-14,16H,4-7,15H2,1-3H3,(H,23,25). The van der Waals surface area contributed by atoms with Gasteiger partial charge in [-0.15, -0.1) is 0 Å². The lowest BCUT2D eigenvalue weighted by Crippen LogP contribution is -2.21. The maximum absolute atomic E-state index is 12.4. The van der Waals surface area contributed by atoms with Gasteiger partial charge in [0.05, 0.1) is 6.61 Å². The van der Waals surface area contributed by atoms with Crippen LogP contribution in [0.4, 0.5) is 5.69 Å². The Bertz CT molecular complexity index is 754. The van der Waals surface area contributed by atoms with Crippen molar-refractivity contribution in [2.75, 3.05) is 26.0 Å². The highest BCUT2D eigenvalue weighted by Crippen LogP contribution is 2.16. The Morgan fingerprint density at radius 2 is 1.70 bits per heavy atom. The summed E-state index contributed by atoms with van der Waals surface area (Å²) < 4.78 is 5.70. The zero-order valence-electron chi connectivity index (χ0n) is 16.3. The lowest BCUT2D eigenvalue weighted by Gasteiger charge is -2.12. The van der Waals surface area contributed by atoms with Crippen molar-refractivity contribution < 1.29 is 14.3 Å². The van der Waals surface area contributed by atoms with Crippen molar-refractivity contribution in [3.63, 3.8) is 0 Å². The van der Waals surface area contributed by atoms with Crippen LogP contribution in [0.3, 0.4) is 0 Å². The Kier molecular flexibility index (Phi) is 7.86. The molecule has 0 fully saturated rings. The minimum absolute atomic E-state index is 0.105. The van der Waals surface area contributed by atoms with E-state index >= 15 is 0 Å². The van der Waals surface area contributed by atoms with E-state index in [4.69, 9.17) is 4.74 Å². The maximum Gasteiger partial charge on any atom is 0.255 e. The zero-order chi connectivity index (χ0) is 19.6. The first-order valence-corrected chi connectivity index (χ1v) is 9.37. The molecule has 2 amide bonds. The van der Waals surface area contributed by atoms with E-state index in [1.165, 1.54) is 24.2 Å². The van der Waals surface area contributed by atoms with Gasteiger partial charge in [-0.25, -0.2) is 0 Å². The van der Waals surface area contributed by atoms with Gasteiger partial charge in [-0.05, 0) is 48.9 Å². The summed E-state index contributed by atoms with van der Waals surface area (Å²) in [4.78, 5) is 26.0. The molecule has 0 bridgehead atoms. The van der Waals surface area contributed by atoms with Crippen molar-refractivity contribution >= 4 is 17.5 Å². The van der Waals surface area contributed by atoms with Crippen molar-refractivity contribution in [1.29, 1.82) is 0 Å². The minimum Gasteiger partial charge on any atom is -0.494 e. The maximum atomic E-state index is 12.4. The number of benzene rings is 2. The van der Waals surface area contributed by atoms with Gasteiger partial charge < -0.3 is 15.0 Å². The van der Waals surface area contributed by atoms with Crippen molar-refractivity contribution in [3.05, 3.63) is 59.7 Å². The SMILES string of the molecule is CCCCCCOc1ccc(C(=O)Nc2cccc(C(=O)N(C)C)c2)cc1. The largest absolute Gasteiger partial charge is 0.494 e. The Balaban J connectivity index is 1.92. The third-order valence-electron chi connectivity index (χ3n) is 4.16. The fourth-order valence-corrected chi connectivity index (χ4v) is 2.61. The molecule has 2 rings (SSSR count). The van der Waals surface area contributed by atoms with Crippen LogP contribution in [0.25, 0.3) is 0 Å². The topological polar surface area (TPSA) is 58.6 Å². The van der Waals surface area contributed by atoms with Gasteiger partial charge in [0.25, 0.3) is 11.8 Å². The van der Waals surface area contributed by atoms with Gasteiger partial charge in [0.1, 0.15) is 5.75 Å². The summed E-state index contributed by atoms with van der Waals surface area (Å²) in [6.07, 6.45) is 4.64. The Morgan fingerprint density at radius 3 is 2.37 bits per heavy atom. The summed E-state index contributed by atoms with van der Waals surface area (Å²) in [6.45, 7) is 2.87. The monoisotopic (exact) mass is 368 g/mol. The number of unbranched alkanes of at least 4 members (excludes halogenated alkanes) is 3. The molecule has 0 spiro atoms. The second-order valence-electron chi connectivity index (χ2n) is 6.67. The zero-order valence-corrected chi connectivity index (χ0v) is 16.3. The first kappa shape index (κ1) is 20.5. The van der Waals surface area contributed by atoms with Crippen LogP contribution in [0.2, 0.25) is 0 Å². The molecule has 2 aromatic rings. The van der Waals surface area contributed by atoms with E-state index in [1.54, 1.807) is 62.6 Å². The van der Waals surface area contributed by atoms with Crippen molar-refractivity contribution in [3.8, 4) is 5.75 Å². The molecule has 5 nitrogen and oxygen atoms in total. The summed E-state index contributed by atoms with van der Waals surface area (Å²) in [5.74, 6) is 0.437. The van der Waals surface area contributed by atoms with Gasteiger partial charge in [-0.2, -0.15) is 0 Å². The van der Waals surface area contributed by atoms with Gasteiger partial charge in [-0.3, -0.25) is 9.59 Å². The summed E-state index contributed by atoms with van der Waals surface area (Å²) in [7, 11) is 3.39. The van der Waals surface area contributed by atoms with Crippen molar-refractivity contribution in [2.45, 2.75) is 32.6 Å². The molecule has 144 valence electrons. The van der Waals surface area contributed by atoms with E-state index in [2.05, 4.69) is 12.2 Å². The second-order valence-corrected chi connectivity index (χ2v) is 6.67. The van der Waals surface area contributed by atoms with Crippen LogP contribution in [-0.2, 0) is 0 Å². The number of nitrogens with one attached hydrogen (secondary N) is 1.